The van der Waals surface area contributed by atoms with E-state index in [0.29, 0.717) is 5.56 Å². The van der Waals surface area contributed by atoms with E-state index in [9.17, 15) is 26.4 Å². The summed E-state index contributed by atoms with van der Waals surface area (Å²) in [4.78, 5) is 10.9. The molecule has 0 unspecified atom stereocenters. The smallest absolute Gasteiger partial charge is 0.416 e. The topological polar surface area (TPSA) is 92.7 Å². The molecule has 2 rings (SSSR count). The van der Waals surface area contributed by atoms with Crippen LogP contribution >= 0.6 is 0 Å². The fraction of sp³-hybridized carbons (Fsp3) is 0.316. The minimum Gasteiger partial charge on any atom is -0.487 e. The van der Waals surface area contributed by atoms with Crippen molar-refractivity contribution in [2.45, 2.75) is 26.6 Å². The van der Waals surface area contributed by atoms with E-state index in [4.69, 9.17) is 9.84 Å². The van der Waals surface area contributed by atoms with Crippen LogP contribution in [-0.4, -0.2) is 25.2 Å². The summed E-state index contributed by atoms with van der Waals surface area (Å²) in [5, 5.41) is 8.89. The Hall–Kier alpha value is -2.75. The van der Waals surface area contributed by atoms with E-state index in [1.165, 1.54) is 24.3 Å². The lowest BCUT2D eigenvalue weighted by atomic mass is 10.1. The Morgan fingerprint density at radius 1 is 1.14 bits per heavy atom. The molecule has 0 aliphatic heterocycles. The van der Waals surface area contributed by atoms with E-state index in [1.807, 2.05) is 0 Å². The van der Waals surface area contributed by atoms with Gasteiger partial charge < -0.3 is 9.84 Å². The number of carbonyl (C=O) groups is 1. The molecule has 158 valence electrons. The van der Waals surface area contributed by atoms with Crippen LogP contribution in [0, 0.1) is 5.92 Å². The van der Waals surface area contributed by atoms with Gasteiger partial charge in [0.1, 0.15) is 12.4 Å². The number of nitrogens with one attached hydrogen (secondary N) is 1. The fourth-order valence-electron chi connectivity index (χ4n) is 2.46. The second kappa shape index (κ2) is 8.73. The molecule has 0 fully saturated rings. The summed E-state index contributed by atoms with van der Waals surface area (Å²) in [7, 11) is -3.78. The largest absolute Gasteiger partial charge is 0.487 e. The van der Waals surface area contributed by atoms with Gasteiger partial charge in [0, 0.05) is 0 Å². The molecule has 2 aromatic carbocycles. The first kappa shape index (κ1) is 22.5. The van der Waals surface area contributed by atoms with Crippen LogP contribution in [0.1, 0.15) is 35.3 Å². The Morgan fingerprint density at radius 2 is 1.76 bits per heavy atom. The highest BCUT2D eigenvalue weighted by molar-refractivity contribution is 7.92. The number of ether oxygens (including phenoxy) is 1. The molecule has 0 aliphatic carbocycles. The van der Waals surface area contributed by atoms with Crippen molar-refractivity contribution >= 4 is 21.7 Å². The van der Waals surface area contributed by atoms with Gasteiger partial charge in [0.2, 0.25) is 10.0 Å². The van der Waals surface area contributed by atoms with Crippen LogP contribution in [0.2, 0.25) is 0 Å². The molecule has 0 aromatic heterocycles. The van der Waals surface area contributed by atoms with Crippen molar-refractivity contribution in [1.82, 2.24) is 0 Å². The third-order valence-electron chi connectivity index (χ3n) is 3.72. The van der Waals surface area contributed by atoms with E-state index in [-0.39, 0.29) is 35.3 Å². The molecule has 0 spiro atoms. The first-order chi connectivity index (χ1) is 13.4. The lowest BCUT2D eigenvalue weighted by Gasteiger charge is -2.17. The molecule has 10 heteroatoms. The number of hydrogen-bond acceptors (Lipinski definition) is 4. The average molecular weight is 431 g/mol. The Balaban J connectivity index is 2.29. The number of carboxylic acids is 1. The maximum absolute atomic E-state index is 13.0. The van der Waals surface area contributed by atoms with E-state index in [2.05, 4.69) is 4.72 Å². The zero-order valence-electron chi connectivity index (χ0n) is 15.7. The van der Waals surface area contributed by atoms with E-state index in [0.717, 1.165) is 18.2 Å². The van der Waals surface area contributed by atoms with Crippen molar-refractivity contribution < 1.29 is 36.2 Å². The van der Waals surface area contributed by atoms with Gasteiger partial charge in [-0.3, -0.25) is 4.72 Å². The Bertz CT molecular complexity index is 970. The number of aromatic carboxylic acids is 1. The Labute approximate surface area is 166 Å². The predicted octanol–water partition coefficient (Wildman–Crippen LogP) is 4.38. The van der Waals surface area contributed by atoms with Crippen LogP contribution in [0.4, 0.5) is 18.9 Å². The summed E-state index contributed by atoms with van der Waals surface area (Å²) in [6, 6.07) is 8.07. The normalized spacial score (nSPS) is 12.1. The maximum atomic E-state index is 13.0. The van der Waals surface area contributed by atoms with Gasteiger partial charge in [-0.1, -0.05) is 26.0 Å². The zero-order valence-corrected chi connectivity index (χ0v) is 16.5. The number of carboxylic acid groups (broad SMARTS) is 1. The van der Waals surface area contributed by atoms with Crippen LogP contribution in [0.5, 0.6) is 5.75 Å². The number of alkyl halides is 3. The number of rotatable bonds is 8. The van der Waals surface area contributed by atoms with Gasteiger partial charge in [-0.15, -0.1) is 0 Å². The first-order valence-corrected chi connectivity index (χ1v) is 10.2. The molecule has 29 heavy (non-hydrogen) atoms. The Kier molecular flexibility index (Phi) is 6.78. The van der Waals surface area contributed by atoms with Gasteiger partial charge in [0.05, 0.1) is 22.6 Å². The second-order valence-electron chi connectivity index (χ2n) is 6.78. The highest BCUT2D eigenvalue weighted by Crippen LogP contribution is 2.36. The molecule has 0 aliphatic rings. The molecule has 0 saturated carbocycles. The third kappa shape index (κ3) is 6.67. The van der Waals surface area contributed by atoms with Crippen molar-refractivity contribution in [2.24, 2.45) is 5.92 Å². The maximum Gasteiger partial charge on any atom is 0.416 e. The quantitative estimate of drug-likeness (QED) is 0.647. The van der Waals surface area contributed by atoms with Gasteiger partial charge in [-0.2, -0.15) is 13.2 Å². The number of benzene rings is 2. The molecular formula is C19H20F3NO5S. The molecule has 0 saturated heterocycles. The molecule has 6 nitrogen and oxygen atoms in total. The van der Waals surface area contributed by atoms with Gasteiger partial charge in [-0.25, -0.2) is 13.2 Å². The van der Waals surface area contributed by atoms with Crippen molar-refractivity contribution in [1.29, 1.82) is 0 Å². The standard InChI is InChI=1S/C19H20F3NO5S/c1-12(2)11-29(26,27)23-16-8-7-15(19(20,21)22)9-17(16)28-10-13-3-5-14(6-4-13)18(24)25/h3-9,12,23H,10-11H2,1-2H3,(H,24,25). The Morgan fingerprint density at radius 3 is 2.28 bits per heavy atom. The number of anilines is 1. The summed E-state index contributed by atoms with van der Waals surface area (Å²) >= 11 is 0. The highest BCUT2D eigenvalue weighted by Gasteiger charge is 2.31. The van der Waals surface area contributed by atoms with Crippen molar-refractivity contribution in [3.63, 3.8) is 0 Å². The highest BCUT2D eigenvalue weighted by atomic mass is 32.2. The molecule has 2 N–H and O–H groups in total. The van der Waals surface area contributed by atoms with Crippen molar-refractivity contribution in [2.75, 3.05) is 10.5 Å². The van der Waals surface area contributed by atoms with Crippen molar-refractivity contribution in [3.8, 4) is 5.75 Å². The summed E-state index contributed by atoms with van der Waals surface area (Å²) in [6.45, 7) is 3.22. The summed E-state index contributed by atoms with van der Waals surface area (Å²) in [6.07, 6.45) is -4.63. The van der Waals surface area contributed by atoms with E-state index < -0.39 is 27.7 Å². The number of sulfonamides is 1. The molecule has 0 radical (unpaired) electrons. The first-order valence-electron chi connectivity index (χ1n) is 8.54. The van der Waals surface area contributed by atoms with E-state index >= 15 is 0 Å². The van der Waals surface area contributed by atoms with Crippen LogP contribution in [0.3, 0.4) is 0 Å². The molecule has 0 amide bonds. The molecule has 2 aromatic rings. The van der Waals surface area contributed by atoms with Gasteiger partial charge >= 0.3 is 12.1 Å². The SMILES string of the molecule is CC(C)CS(=O)(=O)Nc1ccc(C(F)(F)F)cc1OCc1ccc(C(=O)O)cc1. The fourth-order valence-corrected chi connectivity index (χ4v) is 3.92. The predicted molar refractivity (Wildman–Crippen MR) is 101 cm³/mol. The molecule has 0 atom stereocenters. The lowest BCUT2D eigenvalue weighted by Crippen LogP contribution is -2.20. The number of hydrogen-bond donors (Lipinski definition) is 2. The van der Waals surface area contributed by atoms with Gasteiger partial charge in [0.15, 0.2) is 0 Å². The van der Waals surface area contributed by atoms with Crippen LogP contribution in [0.25, 0.3) is 0 Å². The van der Waals surface area contributed by atoms with Crippen LogP contribution in [0.15, 0.2) is 42.5 Å². The average Bonchev–Trinajstić information content (AvgIpc) is 2.58. The van der Waals surface area contributed by atoms with Crippen molar-refractivity contribution in [3.05, 3.63) is 59.2 Å². The molecule has 0 heterocycles. The van der Waals surface area contributed by atoms with Gasteiger partial charge in [-0.05, 0) is 41.8 Å². The van der Waals surface area contributed by atoms with E-state index in [1.54, 1.807) is 13.8 Å². The third-order valence-corrected chi connectivity index (χ3v) is 5.36. The second-order valence-corrected chi connectivity index (χ2v) is 8.54. The lowest BCUT2D eigenvalue weighted by molar-refractivity contribution is -0.137. The van der Waals surface area contributed by atoms with Crippen LogP contribution in [-0.2, 0) is 22.8 Å². The molecular weight excluding hydrogens is 411 g/mol. The van der Waals surface area contributed by atoms with Crippen LogP contribution < -0.4 is 9.46 Å². The summed E-state index contributed by atoms with van der Waals surface area (Å²) in [5.41, 5.74) is -0.542. The monoisotopic (exact) mass is 431 g/mol. The zero-order chi connectivity index (χ0) is 21.8. The summed E-state index contributed by atoms with van der Waals surface area (Å²) < 4.78 is 71.2. The van der Waals surface area contributed by atoms with Gasteiger partial charge in [0.25, 0.3) is 0 Å². The molecule has 0 bridgehead atoms. The number of halogens is 3. The summed E-state index contributed by atoms with van der Waals surface area (Å²) in [5.74, 6) is -1.78. The minimum absolute atomic E-state index is 0.0509. The minimum atomic E-state index is -4.63.